The van der Waals surface area contributed by atoms with Gasteiger partial charge in [-0.25, -0.2) is 0 Å². The molecular weight excluding hydrogens is 386 g/mol. The fourth-order valence-electron chi connectivity index (χ4n) is 4.82. The highest BCUT2D eigenvalue weighted by molar-refractivity contribution is 6.09. The summed E-state index contributed by atoms with van der Waals surface area (Å²) in [5.41, 5.74) is -1.43. The summed E-state index contributed by atoms with van der Waals surface area (Å²) in [6, 6.07) is 5.74. The van der Waals surface area contributed by atoms with E-state index >= 15 is 0 Å². The lowest BCUT2D eigenvalue weighted by atomic mass is 9.62. The van der Waals surface area contributed by atoms with Crippen molar-refractivity contribution in [1.82, 2.24) is 0 Å². The summed E-state index contributed by atoms with van der Waals surface area (Å²) in [5, 5.41) is 24.7. The molecule has 30 heavy (non-hydrogen) atoms. The number of nitro groups is 1. The van der Waals surface area contributed by atoms with Gasteiger partial charge in [-0.15, -0.1) is 5.76 Å². The van der Waals surface area contributed by atoms with Gasteiger partial charge in [-0.1, -0.05) is 45.9 Å². The van der Waals surface area contributed by atoms with Crippen LogP contribution >= 0.6 is 0 Å². The van der Waals surface area contributed by atoms with Crippen LogP contribution in [0.25, 0.3) is 0 Å². The molecular formula is C23H26NO6-. The van der Waals surface area contributed by atoms with E-state index in [1.165, 1.54) is 18.2 Å². The number of carbonyl (C=O) groups is 3. The highest BCUT2D eigenvalue weighted by atomic mass is 16.6. The monoisotopic (exact) mass is 412 g/mol. The van der Waals surface area contributed by atoms with Gasteiger partial charge >= 0.3 is 0 Å². The average Bonchev–Trinajstić information content (AvgIpc) is 2.57. The number of hydrogen-bond donors (Lipinski definition) is 0. The Morgan fingerprint density at radius 1 is 0.933 bits per heavy atom. The molecule has 3 rings (SSSR count). The van der Waals surface area contributed by atoms with Crippen LogP contribution in [0.5, 0.6) is 0 Å². The SMILES string of the molecule is CC1(C)CC(=O)C(C(C2=C([O-])CC(C)(C)CC2=O)c2ccccc2[N+](=O)[O-])C(=O)C1. The van der Waals surface area contributed by atoms with E-state index in [-0.39, 0.29) is 54.1 Å². The van der Waals surface area contributed by atoms with Gasteiger partial charge < -0.3 is 5.11 Å². The minimum atomic E-state index is -1.26. The first-order valence-corrected chi connectivity index (χ1v) is 10.0. The molecule has 1 aromatic carbocycles. The van der Waals surface area contributed by atoms with Gasteiger partial charge in [0, 0.05) is 36.8 Å². The van der Waals surface area contributed by atoms with Crippen molar-refractivity contribution < 1.29 is 24.4 Å². The first kappa shape index (κ1) is 21.9. The number of nitro benzene ring substituents is 1. The number of benzene rings is 1. The molecule has 1 unspecified atom stereocenters. The van der Waals surface area contributed by atoms with Gasteiger partial charge in [-0.05, 0) is 22.8 Å². The van der Waals surface area contributed by atoms with E-state index in [0.717, 1.165) is 0 Å². The summed E-state index contributed by atoms with van der Waals surface area (Å²) < 4.78 is 0. The number of ketones is 3. The second-order valence-electron chi connectivity index (χ2n) is 10.00. The highest BCUT2D eigenvalue weighted by Crippen LogP contribution is 2.48. The normalized spacial score (nSPS) is 22.9. The number of hydrogen-bond acceptors (Lipinski definition) is 6. The molecule has 0 saturated heterocycles. The Hall–Kier alpha value is -2.83. The van der Waals surface area contributed by atoms with E-state index < -0.39 is 39.1 Å². The molecule has 0 heterocycles. The molecule has 2 aliphatic rings. The van der Waals surface area contributed by atoms with E-state index in [9.17, 15) is 29.6 Å². The minimum Gasteiger partial charge on any atom is -0.875 e. The molecule has 7 nitrogen and oxygen atoms in total. The Balaban J connectivity index is 2.24. The first-order chi connectivity index (χ1) is 13.8. The maximum absolute atomic E-state index is 13.1. The first-order valence-electron chi connectivity index (χ1n) is 10.0. The van der Waals surface area contributed by atoms with Crippen LogP contribution in [0.3, 0.4) is 0 Å². The van der Waals surface area contributed by atoms with E-state index in [0.29, 0.717) is 0 Å². The van der Waals surface area contributed by atoms with Crippen LogP contribution < -0.4 is 5.11 Å². The van der Waals surface area contributed by atoms with Crippen LogP contribution in [0.4, 0.5) is 5.69 Å². The van der Waals surface area contributed by atoms with Gasteiger partial charge in [0.2, 0.25) is 0 Å². The number of rotatable bonds is 4. The van der Waals surface area contributed by atoms with Crippen molar-refractivity contribution in [1.29, 1.82) is 0 Å². The van der Waals surface area contributed by atoms with Crippen molar-refractivity contribution in [3.8, 4) is 0 Å². The molecule has 0 amide bonds. The Morgan fingerprint density at radius 2 is 1.47 bits per heavy atom. The van der Waals surface area contributed by atoms with E-state index in [1.807, 2.05) is 13.8 Å². The van der Waals surface area contributed by atoms with Crippen molar-refractivity contribution in [2.75, 3.05) is 0 Å². The molecule has 0 aliphatic heterocycles. The zero-order chi connectivity index (χ0) is 22.4. The van der Waals surface area contributed by atoms with E-state index in [1.54, 1.807) is 19.9 Å². The predicted molar refractivity (Wildman–Crippen MR) is 107 cm³/mol. The van der Waals surface area contributed by atoms with Crippen LogP contribution in [0, 0.1) is 26.9 Å². The van der Waals surface area contributed by atoms with Gasteiger partial charge in [0.05, 0.1) is 10.8 Å². The smallest absolute Gasteiger partial charge is 0.273 e. The number of carbonyl (C=O) groups excluding carboxylic acids is 3. The third kappa shape index (κ3) is 4.06. The standard InChI is InChI=1S/C23H27NO6/c1-22(2)9-15(25)20(16(26)10-22)19(13-7-5-6-8-14(13)24(29)30)21-17(27)11-23(3,4)12-18(21)28/h5-8,19-20,27H,9-12H2,1-4H3/p-1. The van der Waals surface area contributed by atoms with Crippen LogP contribution in [0.1, 0.15) is 64.9 Å². The lowest BCUT2D eigenvalue weighted by Gasteiger charge is -2.41. The largest absolute Gasteiger partial charge is 0.875 e. The number of Topliss-reactive ketones (excluding diaryl/α,β-unsaturated/α-hetero) is 3. The van der Waals surface area contributed by atoms with Crippen molar-refractivity contribution >= 4 is 23.0 Å². The van der Waals surface area contributed by atoms with Crippen molar-refractivity contribution in [3.63, 3.8) is 0 Å². The van der Waals surface area contributed by atoms with E-state index in [2.05, 4.69) is 0 Å². The summed E-state index contributed by atoms with van der Waals surface area (Å²) >= 11 is 0. The van der Waals surface area contributed by atoms with Gasteiger partial charge in [-0.3, -0.25) is 24.5 Å². The third-order valence-corrected chi connectivity index (χ3v) is 5.99. The fraction of sp³-hybridized carbons (Fsp3) is 0.522. The topological polar surface area (TPSA) is 117 Å². The van der Waals surface area contributed by atoms with Gasteiger partial charge in [0.25, 0.3) is 5.69 Å². The lowest BCUT2D eigenvalue weighted by Crippen LogP contribution is -2.43. The number of para-hydroxylation sites is 1. The van der Waals surface area contributed by atoms with Crippen molar-refractivity contribution in [3.05, 3.63) is 51.3 Å². The zero-order valence-electron chi connectivity index (χ0n) is 17.7. The van der Waals surface area contributed by atoms with Gasteiger partial charge in [0.15, 0.2) is 5.78 Å². The summed E-state index contributed by atoms with van der Waals surface area (Å²) in [7, 11) is 0. The molecule has 2 aliphatic carbocycles. The van der Waals surface area contributed by atoms with Crippen molar-refractivity contribution in [2.24, 2.45) is 16.7 Å². The maximum atomic E-state index is 13.1. The molecule has 0 aromatic heterocycles. The molecule has 1 aromatic rings. The van der Waals surface area contributed by atoms with E-state index in [4.69, 9.17) is 0 Å². The van der Waals surface area contributed by atoms with Crippen LogP contribution in [-0.2, 0) is 14.4 Å². The number of allylic oxidation sites excluding steroid dienone is 2. The number of nitrogens with zero attached hydrogens (tertiary/aromatic N) is 1. The molecule has 0 spiro atoms. The predicted octanol–water partition coefficient (Wildman–Crippen LogP) is 3.26. The minimum absolute atomic E-state index is 0.0744. The summed E-state index contributed by atoms with van der Waals surface area (Å²) in [6.45, 7) is 7.23. The Bertz CT molecular complexity index is 952. The van der Waals surface area contributed by atoms with Crippen LogP contribution in [-0.4, -0.2) is 22.3 Å². The second kappa shape index (κ2) is 7.45. The van der Waals surface area contributed by atoms with Gasteiger partial charge in [0.1, 0.15) is 11.6 Å². The van der Waals surface area contributed by atoms with Gasteiger partial charge in [-0.2, -0.15) is 0 Å². The Morgan fingerprint density at radius 3 is 2.00 bits per heavy atom. The fourth-order valence-corrected chi connectivity index (χ4v) is 4.82. The molecule has 160 valence electrons. The summed E-state index contributed by atoms with van der Waals surface area (Å²) in [6.07, 6.45) is 0.404. The molecule has 0 bridgehead atoms. The second-order valence-corrected chi connectivity index (χ2v) is 10.00. The van der Waals surface area contributed by atoms with Crippen LogP contribution in [0.15, 0.2) is 35.6 Å². The molecule has 0 radical (unpaired) electrons. The summed E-state index contributed by atoms with van der Waals surface area (Å²) in [4.78, 5) is 50.3. The third-order valence-electron chi connectivity index (χ3n) is 5.99. The van der Waals surface area contributed by atoms with Crippen LogP contribution in [0.2, 0.25) is 0 Å². The maximum Gasteiger partial charge on any atom is 0.273 e. The molecule has 1 fully saturated rings. The Kier molecular flexibility index (Phi) is 5.43. The molecule has 1 atom stereocenters. The van der Waals surface area contributed by atoms with Crippen molar-refractivity contribution in [2.45, 2.75) is 59.3 Å². The Labute approximate surface area is 175 Å². The highest BCUT2D eigenvalue weighted by Gasteiger charge is 2.48. The molecule has 0 N–H and O–H groups in total. The molecule has 1 saturated carbocycles. The molecule has 7 heteroatoms. The zero-order valence-corrected chi connectivity index (χ0v) is 17.7. The average molecular weight is 412 g/mol. The quantitative estimate of drug-likeness (QED) is 0.426. The summed E-state index contributed by atoms with van der Waals surface area (Å²) in [5.74, 6) is -4.12. The lowest BCUT2D eigenvalue weighted by molar-refractivity contribution is -0.385.